The monoisotopic (exact) mass is 275 g/mol. The third-order valence-electron chi connectivity index (χ3n) is 4.17. The Morgan fingerprint density at radius 1 is 1.10 bits per heavy atom. The van der Waals surface area contributed by atoms with Crippen LogP contribution in [0.4, 0.5) is 0 Å². The summed E-state index contributed by atoms with van der Waals surface area (Å²) < 4.78 is 0. The van der Waals surface area contributed by atoms with Gasteiger partial charge in [-0.05, 0) is 65.2 Å². The Morgan fingerprint density at radius 2 is 1.80 bits per heavy atom. The molecule has 0 unspecified atom stereocenters. The lowest BCUT2D eigenvalue weighted by atomic mass is 10.1. The largest absolute Gasteiger partial charge is 0.338 e. The van der Waals surface area contributed by atoms with E-state index < -0.39 is 0 Å². The maximum atomic E-state index is 12.3. The van der Waals surface area contributed by atoms with Crippen LogP contribution in [-0.4, -0.2) is 23.9 Å². The summed E-state index contributed by atoms with van der Waals surface area (Å²) in [5.74, 6) is 1.55. The Kier molecular flexibility index (Phi) is 5.45. The zero-order chi connectivity index (χ0) is 14.5. The van der Waals surface area contributed by atoms with Crippen LogP contribution in [0.3, 0.4) is 0 Å². The fraction of sp³-hybridized carbons (Fsp3) is 0.722. The zero-order valence-corrected chi connectivity index (χ0v) is 13.3. The molecule has 0 bridgehead atoms. The highest BCUT2D eigenvalue weighted by Crippen LogP contribution is 2.34. The molecule has 0 N–H and O–H groups in total. The maximum absolute atomic E-state index is 12.3. The summed E-state index contributed by atoms with van der Waals surface area (Å²) in [6.45, 7) is 8.30. The summed E-state index contributed by atoms with van der Waals surface area (Å²) >= 11 is 0. The van der Waals surface area contributed by atoms with Crippen molar-refractivity contribution in [1.82, 2.24) is 4.90 Å². The van der Waals surface area contributed by atoms with E-state index in [0.717, 1.165) is 44.7 Å². The van der Waals surface area contributed by atoms with Gasteiger partial charge in [0.2, 0.25) is 5.91 Å². The van der Waals surface area contributed by atoms with Crippen molar-refractivity contribution in [3.8, 4) is 0 Å². The highest BCUT2D eigenvalue weighted by atomic mass is 16.2. The third kappa shape index (κ3) is 5.52. The Balaban J connectivity index is 1.79. The Labute approximate surface area is 123 Å². The molecule has 2 aliphatic carbocycles. The molecule has 20 heavy (non-hydrogen) atoms. The quantitative estimate of drug-likeness (QED) is 0.604. The molecule has 0 radical (unpaired) electrons. The molecule has 0 atom stereocenters. The normalized spacial score (nSPS) is 18.9. The smallest absolute Gasteiger partial charge is 0.225 e. The summed E-state index contributed by atoms with van der Waals surface area (Å²) in [6.07, 6.45) is 11.6. The molecule has 112 valence electrons. The minimum absolute atomic E-state index is 0.355. The van der Waals surface area contributed by atoms with Crippen molar-refractivity contribution in [3.05, 3.63) is 23.3 Å². The van der Waals surface area contributed by atoms with Gasteiger partial charge in [-0.2, -0.15) is 0 Å². The highest BCUT2D eigenvalue weighted by molar-refractivity contribution is 5.81. The fourth-order valence-electron chi connectivity index (χ4n) is 2.41. The number of carbonyl (C=O) groups is 1. The first-order valence-electron chi connectivity index (χ1n) is 8.14. The van der Waals surface area contributed by atoms with Gasteiger partial charge in [0.05, 0.1) is 0 Å². The van der Waals surface area contributed by atoms with Crippen molar-refractivity contribution in [2.75, 3.05) is 13.1 Å². The Morgan fingerprint density at radius 3 is 2.35 bits per heavy atom. The lowest BCUT2D eigenvalue weighted by molar-refractivity contribution is -0.132. The molecule has 2 rings (SSSR count). The third-order valence-corrected chi connectivity index (χ3v) is 4.17. The minimum atomic E-state index is 0.355. The first-order chi connectivity index (χ1) is 9.56. The number of hydrogen-bond acceptors (Lipinski definition) is 1. The van der Waals surface area contributed by atoms with Gasteiger partial charge >= 0.3 is 0 Å². The van der Waals surface area contributed by atoms with Gasteiger partial charge in [-0.1, -0.05) is 23.3 Å². The van der Waals surface area contributed by atoms with Crippen LogP contribution in [0, 0.1) is 11.8 Å². The molecule has 0 aromatic heterocycles. The molecule has 0 heterocycles. The Bertz CT molecular complexity index is 396. The van der Waals surface area contributed by atoms with Gasteiger partial charge in [-0.25, -0.2) is 0 Å². The molecule has 2 saturated carbocycles. The molecule has 2 heteroatoms. The van der Waals surface area contributed by atoms with E-state index in [9.17, 15) is 4.79 Å². The van der Waals surface area contributed by atoms with Crippen LogP contribution in [0.25, 0.3) is 0 Å². The number of carbonyl (C=O) groups excluding carboxylic acids is 1. The summed E-state index contributed by atoms with van der Waals surface area (Å²) in [7, 11) is 0. The van der Waals surface area contributed by atoms with Crippen molar-refractivity contribution in [1.29, 1.82) is 0 Å². The predicted molar refractivity (Wildman–Crippen MR) is 84.5 cm³/mol. The number of nitrogens with zero attached hydrogens (tertiary/aromatic N) is 1. The number of allylic oxidation sites excluding steroid dienone is 3. The second kappa shape index (κ2) is 7.10. The van der Waals surface area contributed by atoms with Crippen LogP contribution in [0.2, 0.25) is 0 Å². The molecular weight excluding hydrogens is 246 g/mol. The van der Waals surface area contributed by atoms with E-state index in [1.165, 1.54) is 24.0 Å². The molecule has 2 nitrogen and oxygen atoms in total. The first-order valence-corrected chi connectivity index (χ1v) is 8.14. The number of amides is 1. The van der Waals surface area contributed by atoms with E-state index >= 15 is 0 Å². The predicted octanol–water partition coefficient (Wildman–Crippen LogP) is 4.33. The molecular formula is C18H29NO. The van der Waals surface area contributed by atoms with Crippen molar-refractivity contribution in [3.63, 3.8) is 0 Å². The average molecular weight is 275 g/mol. The second-order valence-corrected chi connectivity index (χ2v) is 6.83. The standard InChI is InChI=1S/C18H29NO/c1-14(2)5-4-6-15(3)11-12-19(13-16-7-8-16)18(20)17-9-10-17/h5,11,16-17H,4,6-10,12-13H2,1-3H3/b15-11+. The number of rotatable bonds is 8. The van der Waals surface area contributed by atoms with Gasteiger partial charge < -0.3 is 4.90 Å². The van der Waals surface area contributed by atoms with Crippen molar-refractivity contribution < 1.29 is 4.79 Å². The van der Waals surface area contributed by atoms with Crippen LogP contribution in [0.5, 0.6) is 0 Å². The van der Waals surface area contributed by atoms with Gasteiger partial charge in [0, 0.05) is 19.0 Å². The lowest BCUT2D eigenvalue weighted by Crippen LogP contribution is -2.34. The zero-order valence-electron chi connectivity index (χ0n) is 13.3. The molecule has 2 fully saturated rings. The second-order valence-electron chi connectivity index (χ2n) is 6.83. The van der Waals surface area contributed by atoms with Crippen LogP contribution in [-0.2, 0) is 4.79 Å². The van der Waals surface area contributed by atoms with E-state index in [1.807, 2.05) is 0 Å². The van der Waals surface area contributed by atoms with Gasteiger partial charge in [0.15, 0.2) is 0 Å². The Hall–Kier alpha value is -1.05. The topological polar surface area (TPSA) is 20.3 Å². The molecule has 0 spiro atoms. The van der Waals surface area contributed by atoms with Crippen LogP contribution >= 0.6 is 0 Å². The summed E-state index contributed by atoms with van der Waals surface area (Å²) in [5.41, 5.74) is 2.80. The first kappa shape index (κ1) is 15.3. The molecule has 0 aliphatic heterocycles. The number of hydrogen-bond donors (Lipinski definition) is 0. The van der Waals surface area contributed by atoms with Crippen molar-refractivity contribution in [2.45, 2.75) is 59.3 Å². The van der Waals surface area contributed by atoms with Crippen LogP contribution in [0.1, 0.15) is 59.3 Å². The van der Waals surface area contributed by atoms with Crippen molar-refractivity contribution >= 4 is 5.91 Å². The van der Waals surface area contributed by atoms with Gasteiger partial charge in [-0.15, -0.1) is 0 Å². The molecule has 0 saturated heterocycles. The fourth-order valence-corrected chi connectivity index (χ4v) is 2.41. The molecule has 1 amide bonds. The SMILES string of the molecule is CC(C)=CCC/C(C)=C/CN(CC1CC1)C(=O)C1CC1. The van der Waals surface area contributed by atoms with Gasteiger partial charge in [0.25, 0.3) is 0 Å². The summed E-state index contributed by atoms with van der Waals surface area (Å²) in [5, 5.41) is 0. The summed E-state index contributed by atoms with van der Waals surface area (Å²) in [6, 6.07) is 0. The van der Waals surface area contributed by atoms with Crippen LogP contribution < -0.4 is 0 Å². The minimum Gasteiger partial charge on any atom is -0.338 e. The molecule has 0 aromatic carbocycles. The summed E-state index contributed by atoms with van der Waals surface area (Å²) in [4.78, 5) is 14.4. The van der Waals surface area contributed by atoms with E-state index in [4.69, 9.17) is 0 Å². The molecule has 0 aromatic rings. The average Bonchev–Trinajstić information content (AvgIpc) is 3.27. The van der Waals surface area contributed by atoms with E-state index in [0.29, 0.717) is 11.8 Å². The van der Waals surface area contributed by atoms with Gasteiger partial charge in [-0.3, -0.25) is 4.79 Å². The highest BCUT2D eigenvalue weighted by Gasteiger charge is 2.35. The van der Waals surface area contributed by atoms with E-state index in [2.05, 4.69) is 37.8 Å². The van der Waals surface area contributed by atoms with E-state index in [-0.39, 0.29) is 0 Å². The maximum Gasteiger partial charge on any atom is 0.225 e. The van der Waals surface area contributed by atoms with Gasteiger partial charge in [0.1, 0.15) is 0 Å². The van der Waals surface area contributed by atoms with Crippen molar-refractivity contribution in [2.24, 2.45) is 11.8 Å². The van der Waals surface area contributed by atoms with Crippen LogP contribution in [0.15, 0.2) is 23.3 Å². The molecule has 2 aliphatic rings. The van der Waals surface area contributed by atoms with E-state index in [1.54, 1.807) is 0 Å². The lowest BCUT2D eigenvalue weighted by Gasteiger charge is -2.21.